The van der Waals surface area contributed by atoms with Crippen LogP contribution in [0.3, 0.4) is 0 Å². The van der Waals surface area contributed by atoms with Gasteiger partial charge in [0.25, 0.3) is 0 Å². The van der Waals surface area contributed by atoms with Crippen LogP contribution in [0.1, 0.15) is 32.1 Å². The van der Waals surface area contributed by atoms with Gasteiger partial charge in [0.05, 0.1) is 0 Å². The second-order valence-electron chi connectivity index (χ2n) is 3.74. The quantitative estimate of drug-likeness (QED) is 0.564. The van der Waals surface area contributed by atoms with Gasteiger partial charge in [0, 0.05) is 18.9 Å². The molecule has 1 unspecified atom stereocenters. The molecule has 2 fully saturated rings. The predicted octanol–water partition coefficient (Wildman–Crippen LogP) is 1.11. The molecule has 2 aliphatic rings. The molecule has 0 aromatic carbocycles. The average Bonchev–Trinajstić information content (AvgIpc) is 2.04. The molecule has 1 N–H and O–H groups in total. The van der Waals surface area contributed by atoms with Crippen molar-refractivity contribution in [2.24, 2.45) is 5.92 Å². The molecule has 1 aliphatic carbocycles. The number of carbonyl (C=O) groups excluding carboxylic acids is 1. The van der Waals surface area contributed by atoms with Gasteiger partial charge in [-0.2, -0.15) is 0 Å². The minimum atomic E-state index is 0.481. The Morgan fingerprint density at radius 1 is 1.36 bits per heavy atom. The lowest BCUT2D eigenvalue weighted by Gasteiger charge is -2.35. The van der Waals surface area contributed by atoms with Crippen LogP contribution < -0.4 is 5.32 Å². The van der Waals surface area contributed by atoms with Crippen LogP contribution in [-0.4, -0.2) is 18.4 Å². The summed E-state index contributed by atoms with van der Waals surface area (Å²) in [5.41, 5.74) is 0. The van der Waals surface area contributed by atoms with Gasteiger partial charge in [-0.25, -0.2) is 0 Å². The van der Waals surface area contributed by atoms with E-state index in [-0.39, 0.29) is 0 Å². The van der Waals surface area contributed by atoms with Crippen molar-refractivity contribution in [2.75, 3.05) is 6.54 Å². The van der Waals surface area contributed by atoms with E-state index >= 15 is 0 Å². The highest BCUT2D eigenvalue weighted by Crippen LogP contribution is 2.28. The molecule has 1 saturated heterocycles. The number of rotatable bonds is 0. The van der Waals surface area contributed by atoms with E-state index in [9.17, 15) is 4.79 Å². The Morgan fingerprint density at radius 3 is 3.18 bits per heavy atom. The van der Waals surface area contributed by atoms with E-state index in [1.165, 1.54) is 12.8 Å². The summed E-state index contributed by atoms with van der Waals surface area (Å²) in [6.45, 7) is 1.16. The summed E-state index contributed by atoms with van der Waals surface area (Å²) in [4.78, 5) is 11.1. The number of Topliss-reactive ketones (excluding diaryl/α,β-unsaturated/α-hetero) is 1. The van der Waals surface area contributed by atoms with Gasteiger partial charge >= 0.3 is 0 Å². The molecule has 1 saturated carbocycles. The first-order valence-corrected chi connectivity index (χ1v) is 4.61. The minimum absolute atomic E-state index is 0.481. The molecule has 2 heteroatoms. The summed E-state index contributed by atoms with van der Waals surface area (Å²) < 4.78 is 0. The molecule has 1 heterocycles. The van der Waals surface area contributed by atoms with E-state index in [4.69, 9.17) is 0 Å². The van der Waals surface area contributed by atoms with Crippen LogP contribution in [0.5, 0.6) is 0 Å². The van der Waals surface area contributed by atoms with Gasteiger partial charge in [-0.05, 0) is 31.7 Å². The van der Waals surface area contributed by atoms with Crippen LogP contribution in [0.15, 0.2) is 0 Å². The molecule has 1 aliphatic heterocycles. The lowest BCUT2D eigenvalue weighted by atomic mass is 9.79. The first kappa shape index (κ1) is 7.29. The van der Waals surface area contributed by atoms with Crippen LogP contribution >= 0.6 is 0 Å². The van der Waals surface area contributed by atoms with Gasteiger partial charge < -0.3 is 5.32 Å². The second kappa shape index (κ2) is 2.94. The molecule has 2 nitrogen and oxygen atoms in total. The summed E-state index contributed by atoms with van der Waals surface area (Å²) in [7, 11) is 0. The van der Waals surface area contributed by atoms with Crippen molar-refractivity contribution < 1.29 is 4.79 Å². The standard InChI is InChI=1S/C9H15NO/c11-8-3-4-9-7(6-8)2-1-5-10-9/h7,9-10H,1-6H2/t7-,9?/m0/s1. The van der Waals surface area contributed by atoms with Crippen molar-refractivity contribution in [1.29, 1.82) is 0 Å². The summed E-state index contributed by atoms with van der Waals surface area (Å²) in [6, 6.07) is 0.668. The Bertz CT molecular complexity index is 167. The number of carbonyl (C=O) groups is 1. The molecule has 11 heavy (non-hydrogen) atoms. The van der Waals surface area contributed by atoms with Crippen molar-refractivity contribution in [3.05, 3.63) is 0 Å². The van der Waals surface area contributed by atoms with E-state index < -0.39 is 0 Å². The van der Waals surface area contributed by atoms with Crippen LogP contribution in [0.4, 0.5) is 0 Å². The number of hydrogen-bond acceptors (Lipinski definition) is 2. The molecule has 2 atom stereocenters. The molecule has 0 amide bonds. The average molecular weight is 153 g/mol. The second-order valence-corrected chi connectivity index (χ2v) is 3.74. The molecule has 0 bridgehead atoms. The van der Waals surface area contributed by atoms with Crippen molar-refractivity contribution in [3.63, 3.8) is 0 Å². The van der Waals surface area contributed by atoms with Crippen LogP contribution in [0.25, 0.3) is 0 Å². The number of hydrogen-bond donors (Lipinski definition) is 1. The van der Waals surface area contributed by atoms with Crippen molar-refractivity contribution in [3.8, 4) is 0 Å². The number of piperidine rings is 1. The van der Waals surface area contributed by atoms with Gasteiger partial charge in [-0.3, -0.25) is 4.79 Å². The smallest absolute Gasteiger partial charge is 0.133 e. The summed E-state index contributed by atoms with van der Waals surface area (Å²) >= 11 is 0. The topological polar surface area (TPSA) is 29.1 Å². The largest absolute Gasteiger partial charge is 0.314 e. The Labute approximate surface area is 67.4 Å². The third-order valence-electron chi connectivity index (χ3n) is 2.95. The highest BCUT2D eigenvalue weighted by molar-refractivity contribution is 5.79. The maximum Gasteiger partial charge on any atom is 0.133 e. The van der Waals surface area contributed by atoms with Crippen molar-refractivity contribution >= 4 is 5.78 Å². The summed E-state index contributed by atoms with van der Waals surface area (Å²) in [6.07, 6.45) is 5.27. The molecule has 0 spiro atoms. The zero-order valence-electron chi connectivity index (χ0n) is 6.81. The van der Waals surface area contributed by atoms with Crippen molar-refractivity contribution in [2.45, 2.75) is 38.1 Å². The Balaban J connectivity index is 1.98. The fraction of sp³-hybridized carbons (Fsp3) is 0.889. The zero-order chi connectivity index (χ0) is 7.68. The maximum atomic E-state index is 11.1. The van der Waals surface area contributed by atoms with Gasteiger partial charge in [-0.1, -0.05) is 0 Å². The third-order valence-corrected chi connectivity index (χ3v) is 2.95. The number of fused-ring (bicyclic) bond motifs is 1. The fourth-order valence-electron chi connectivity index (χ4n) is 2.31. The Hall–Kier alpha value is -0.370. The van der Waals surface area contributed by atoms with Crippen LogP contribution in [-0.2, 0) is 4.79 Å². The lowest BCUT2D eigenvalue weighted by Crippen LogP contribution is -2.44. The minimum Gasteiger partial charge on any atom is -0.314 e. The third kappa shape index (κ3) is 1.45. The van der Waals surface area contributed by atoms with E-state index in [1.807, 2.05) is 0 Å². The molecule has 0 aromatic rings. The zero-order valence-corrected chi connectivity index (χ0v) is 6.81. The van der Waals surface area contributed by atoms with Gasteiger partial charge in [-0.15, -0.1) is 0 Å². The maximum absolute atomic E-state index is 11.1. The fourth-order valence-corrected chi connectivity index (χ4v) is 2.31. The monoisotopic (exact) mass is 153 g/mol. The normalized spacial score (nSPS) is 38.4. The molecular weight excluding hydrogens is 138 g/mol. The molecule has 0 aromatic heterocycles. The SMILES string of the molecule is O=C1CCC2NCCC[C@H]2C1. The predicted molar refractivity (Wildman–Crippen MR) is 43.4 cm³/mol. The summed E-state index contributed by atoms with van der Waals surface area (Å²) in [5, 5.41) is 3.49. The highest BCUT2D eigenvalue weighted by atomic mass is 16.1. The number of nitrogens with one attached hydrogen (secondary N) is 1. The first-order chi connectivity index (χ1) is 5.36. The first-order valence-electron chi connectivity index (χ1n) is 4.61. The molecule has 62 valence electrons. The molecule has 0 radical (unpaired) electrons. The lowest BCUT2D eigenvalue weighted by molar-refractivity contribution is -0.122. The molecule has 2 rings (SSSR count). The van der Waals surface area contributed by atoms with Gasteiger partial charge in [0.1, 0.15) is 5.78 Å². The Kier molecular flexibility index (Phi) is 1.95. The van der Waals surface area contributed by atoms with Crippen LogP contribution in [0, 0.1) is 5.92 Å². The highest BCUT2D eigenvalue weighted by Gasteiger charge is 2.30. The van der Waals surface area contributed by atoms with E-state index in [0.717, 1.165) is 25.8 Å². The van der Waals surface area contributed by atoms with Crippen LogP contribution in [0.2, 0.25) is 0 Å². The van der Waals surface area contributed by atoms with E-state index in [0.29, 0.717) is 17.7 Å². The molecular formula is C9H15NO. The number of ketones is 1. The summed E-state index contributed by atoms with van der Waals surface area (Å²) in [5.74, 6) is 1.15. The van der Waals surface area contributed by atoms with E-state index in [1.54, 1.807) is 0 Å². The van der Waals surface area contributed by atoms with Gasteiger partial charge in [0.2, 0.25) is 0 Å². The van der Waals surface area contributed by atoms with Gasteiger partial charge in [0.15, 0.2) is 0 Å². The van der Waals surface area contributed by atoms with E-state index in [2.05, 4.69) is 5.32 Å². The Morgan fingerprint density at radius 2 is 2.27 bits per heavy atom. The van der Waals surface area contributed by atoms with Crippen molar-refractivity contribution in [1.82, 2.24) is 5.32 Å².